The van der Waals surface area contributed by atoms with Gasteiger partial charge in [-0.1, -0.05) is 45.0 Å². The molecule has 3 rings (SSSR count). The molecule has 1 aliphatic heterocycles. The molecule has 0 unspecified atom stereocenters. The lowest BCUT2D eigenvalue weighted by molar-refractivity contribution is 0.146. The largest absolute Gasteiger partial charge is 0.298 e. The van der Waals surface area contributed by atoms with Crippen LogP contribution in [-0.2, 0) is 12.0 Å². The Morgan fingerprint density at radius 1 is 1.04 bits per heavy atom. The lowest BCUT2D eigenvalue weighted by atomic mass is 9.86. The normalized spacial score (nSPS) is 17.6. The van der Waals surface area contributed by atoms with Gasteiger partial charge in [0.25, 0.3) is 0 Å². The Bertz CT molecular complexity index is 630. The Kier molecular flexibility index (Phi) is 4.88. The van der Waals surface area contributed by atoms with Gasteiger partial charge in [-0.3, -0.25) is 4.90 Å². The number of piperidine rings is 1. The van der Waals surface area contributed by atoms with Gasteiger partial charge in [-0.2, -0.15) is 0 Å². The van der Waals surface area contributed by atoms with Crippen LogP contribution < -0.4 is 0 Å². The van der Waals surface area contributed by atoms with Gasteiger partial charge in [0.1, 0.15) is 6.17 Å². The summed E-state index contributed by atoms with van der Waals surface area (Å²) >= 11 is 1.86. The molecule has 0 saturated carbocycles. The summed E-state index contributed by atoms with van der Waals surface area (Å²) in [4.78, 5) is 5.06. The standard InChI is InChI=1S/C20H26FNS/c1-20(2,3)16-6-4-15(5-7-16)19-9-8-18(23-19)14-22-12-10-17(21)11-13-22/h4-9,17H,10-14H2,1-3H3. The molecule has 3 heteroatoms. The molecule has 1 saturated heterocycles. The van der Waals surface area contributed by atoms with Gasteiger partial charge in [0, 0.05) is 29.4 Å². The summed E-state index contributed by atoms with van der Waals surface area (Å²) in [5.74, 6) is 0. The highest BCUT2D eigenvalue weighted by atomic mass is 32.1. The molecular weight excluding hydrogens is 305 g/mol. The molecule has 0 radical (unpaired) electrons. The molecule has 1 aromatic carbocycles. The molecule has 0 amide bonds. The number of alkyl halides is 1. The van der Waals surface area contributed by atoms with Crippen LogP contribution in [0.3, 0.4) is 0 Å². The van der Waals surface area contributed by atoms with Crippen LogP contribution in [0.4, 0.5) is 4.39 Å². The number of hydrogen-bond acceptors (Lipinski definition) is 2. The number of thiophene rings is 1. The molecule has 1 fully saturated rings. The molecule has 0 N–H and O–H groups in total. The second-order valence-corrected chi connectivity index (χ2v) is 8.71. The van der Waals surface area contributed by atoms with E-state index in [1.165, 1.54) is 20.9 Å². The zero-order valence-corrected chi connectivity index (χ0v) is 15.1. The third kappa shape index (κ3) is 4.21. The van der Waals surface area contributed by atoms with Crippen LogP contribution in [0.5, 0.6) is 0 Å². The van der Waals surface area contributed by atoms with Gasteiger partial charge in [0.15, 0.2) is 0 Å². The van der Waals surface area contributed by atoms with E-state index in [4.69, 9.17) is 0 Å². The van der Waals surface area contributed by atoms with E-state index in [2.05, 4.69) is 62.1 Å². The van der Waals surface area contributed by atoms with Crippen molar-refractivity contribution in [3.8, 4) is 10.4 Å². The molecule has 0 bridgehead atoms. The highest BCUT2D eigenvalue weighted by molar-refractivity contribution is 7.15. The maximum atomic E-state index is 13.2. The molecule has 23 heavy (non-hydrogen) atoms. The first-order valence-electron chi connectivity index (χ1n) is 8.48. The summed E-state index contributed by atoms with van der Waals surface area (Å²) in [6.07, 6.45) is 0.783. The Balaban J connectivity index is 1.67. The van der Waals surface area contributed by atoms with Crippen LogP contribution in [0.2, 0.25) is 0 Å². The second-order valence-electron chi connectivity index (χ2n) is 7.54. The Morgan fingerprint density at radius 2 is 1.70 bits per heavy atom. The SMILES string of the molecule is CC(C)(C)c1ccc(-c2ccc(CN3CCC(F)CC3)s2)cc1. The van der Waals surface area contributed by atoms with Crippen molar-refractivity contribution in [2.45, 2.75) is 51.7 Å². The van der Waals surface area contributed by atoms with E-state index < -0.39 is 6.17 Å². The van der Waals surface area contributed by atoms with Crippen molar-refractivity contribution >= 4 is 11.3 Å². The third-order valence-electron chi connectivity index (χ3n) is 4.59. The van der Waals surface area contributed by atoms with Crippen LogP contribution in [-0.4, -0.2) is 24.2 Å². The number of likely N-dealkylation sites (tertiary alicyclic amines) is 1. The van der Waals surface area contributed by atoms with Crippen molar-refractivity contribution in [1.29, 1.82) is 0 Å². The second kappa shape index (κ2) is 6.74. The molecule has 124 valence electrons. The van der Waals surface area contributed by atoms with Crippen molar-refractivity contribution < 1.29 is 4.39 Å². The smallest absolute Gasteiger partial charge is 0.103 e. The van der Waals surface area contributed by atoms with E-state index in [9.17, 15) is 4.39 Å². The number of halogens is 1. The highest BCUT2D eigenvalue weighted by Crippen LogP contribution is 2.31. The molecule has 1 nitrogen and oxygen atoms in total. The first-order valence-corrected chi connectivity index (χ1v) is 9.29. The predicted molar refractivity (Wildman–Crippen MR) is 97.9 cm³/mol. The maximum absolute atomic E-state index is 13.2. The van der Waals surface area contributed by atoms with Crippen molar-refractivity contribution in [3.05, 3.63) is 46.8 Å². The first kappa shape index (κ1) is 16.7. The quantitative estimate of drug-likeness (QED) is 0.703. The summed E-state index contributed by atoms with van der Waals surface area (Å²) in [5, 5.41) is 0. The first-order chi connectivity index (χ1) is 10.9. The molecule has 2 aromatic rings. The van der Waals surface area contributed by atoms with E-state index in [1.54, 1.807) is 0 Å². The van der Waals surface area contributed by atoms with Gasteiger partial charge in [-0.25, -0.2) is 4.39 Å². The van der Waals surface area contributed by atoms with Gasteiger partial charge in [0.05, 0.1) is 0 Å². The maximum Gasteiger partial charge on any atom is 0.103 e. The summed E-state index contributed by atoms with van der Waals surface area (Å²) in [7, 11) is 0. The van der Waals surface area contributed by atoms with E-state index in [0.29, 0.717) is 12.8 Å². The molecular formula is C20H26FNS. The topological polar surface area (TPSA) is 3.24 Å². The average molecular weight is 332 g/mol. The summed E-state index contributed by atoms with van der Waals surface area (Å²) < 4.78 is 13.2. The highest BCUT2D eigenvalue weighted by Gasteiger charge is 2.19. The fourth-order valence-corrected chi connectivity index (χ4v) is 4.09. The summed E-state index contributed by atoms with van der Waals surface area (Å²) in [5.41, 5.74) is 2.85. The van der Waals surface area contributed by atoms with Crippen molar-refractivity contribution in [3.63, 3.8) is 0 Å². The molecule has 1 aliphatic rings. The summed E-state index contributed by atoms with van der Waals surface area (Å²) in [6.45, 7) is 9.45. The third-order valence-corrected chi connectivity index (χ3v) is 5.71. The fraction of sp³-hybridized carbons (Fsp3) is 0.500. The Morgan fingerprint density at radius 3 is 2.30 bits per heavy atom. The van der Waals surface area contributed by atoms with Crippen LogP contribution in [0.15, 0.2) is 36.4 Å². The van der Waals surface area contributed by atoms with E-state index >= 15 is 0 Å². The lowest BCUT2D eigenvalue weighted by Gasteiger charge is -2.27. The van der Waals surface area contributed by atoms with Crippen molar-refractivity contribution in [2.75, 3.05) is 13.1 Å². The van der Waals surface area contributed by atoms with E-state index in [1.807, 2.05) is 11.3 Å². The molecule has 0 atom stereocenters. The lowest BCUT2D eigenvalue weighted by Crippen LogP contribution is -2.33. The minimum absolute atomic E-state index is 0.196. The van der Waals surface area contributed by atoms with Crippen LogP contribution in [0, 0.1) is 0 Å². The van der Waals surface area contributed by atoms with Crippen molar-refractivity contribution in [2.24, 2.45) is 0 Å². The molecule has 2 heterocycles. The number of rotatable bonds is 3. The number of benzene rings is 1. The fourth-order valence-electron chi connectivity index (χ4n) is 3.03. The molecule has 1 aromatic heterocycles. The van der Waals surface area contributed by atoms with Crippen molar-refractivity contribution in [1.82, 2.24) is 4.90 Å². The average Bonchev–Trinajstić information content (AvgIpc) is 2.97. The number of nitrogens with zero attached hydrogens (tertiary/aromatic N) is 1. The van der Waals surface area contributed by atoms with Crippen LogP contribution in [0.1, 0.15) is 44.1 Å². The Hall–Kier alpha value is -1.19. The van der Waals surface area contributed by atoms with E-state index in [0.717, 1.165) is 19.6 Å². The van der Waals surface area contributed by atoms with Crippen LogP contribution in [0.25, 0.3) is 10.4 Å². The summed E-state index contributed by atoms with van der Waals surface area (Å²) in [6, 6.07) is 13.4. The van der Waals surface area contributed by atoms with Gasteiger partial charge in [-0.05, 0) is 41.5 Å². The Labute approximate surface area is 143 Å². The minimum atomic E-state index is -0.591. The van der Waals surface area contributed by atoms with Gasteiger partial charge >= 0.3 is 0 Å². The van der Waals surface area contributed by atoms with Gasteiger partial charge in [-0.15, -0.1) is 11.3 Å². The van der Waals surface area contributed by atoms with E-state index in [-0.39, 0.29) is 5.41 Å². The predicted octanol–water partition coefficient (Wildman–Crippen LogP) is 5.65. The van der Waals surface area contributed by atoms with Gasteiger partial charge in [0.2, 0.25) is 0 Å². The van der Waals surface area contributed by atoms with Crippen LogP contribution >= 0.6 is 11.3 Å². The monoisotopic (exact) mass is 331 g/mol. The number of hydrogen-bond donors (Lipinski definition) is 0. The zero-order chi connectivity index (χ0) is 16.4. The molecule has 0 spiro atoms. The zero-order valence-electron chi connectivity index (χ0n) is 14.3. The van der Waals surface area contributed by atoms with Gasteiger partial charge < -0.3 is 0 Å². The molecule has 0 aliphatic carbocycles. The minimum Gasteiger partial charge on any atom is -0.298 e.